The zero-order valence-corrected chi connectivity index (χ0v) is 17.0. The maximum absolute atomic E-state index is 12.7. The third-order valence-corrected chi connectivity index (χ3v) is 6.16. The number of amides is 1. The number of carbonyl (C=O) groups is 1. The molecule has 1 aliphatic heterocycles. The maximum Gasteiger partial charge on any atom is 0.277 e. The van der Waals surface area contributed by atoms with Crippen molar-refractivity contribution in [2.24, 2.45) is 0 Å². The summed E-state index contributed by atoms with van der Waals surface area (Å²) in [7, 11) is 0. The van der Waals surface area contributed by atoms with Gasteiger partial charge < -0.3 is 9.80 Å². The number of aryl methyl sites for hydroxylation is 1. The number of piperazine rings is 1. The minimum absolute atomic E-state index is 0.0138. The van der Waals surface area contributed by atoms with Crippen LogP contribution >= 0.6 is 11.3 Å². The van der Waals surface area contributed by atoms with Crippen molar-refractivity contribution in [1.82, 2.24) is 29.9 Å². The van der Waals surface area contributed by atoms with Gasteiger partial charge in [-0.2, -0.15) is 0 Å². The first-order valence-electron chi connectivity index (χ1n) is 9.74. The average Bonchev–Trinajstić information content (AvgIpc) is 3.28. The van der Waals surface area contributed by atoms with Crippen molar-refractivity contribution < 1.29 is 4.79 Å². The van der Waals surface area contributed by atoms with Crippen molar-refractivity contribution in [2.45, 2.75) is 13.0 Å². The Morgan fingerprint density at radius 2 is 1.87 bits per heavy atom. The number of anilines is 1. The fraction of sp³-hybridized carbons (Fsp3) is 0.300. The van der Waals surface area contributed by atoms with Crippen LogP contribution in [0.4, 0.5) is 5.82 Å². The van der Waals surface area contributed by atoms with Crippen LogP contribution in [0.3, 0.4) is 0 Å². The predicted molar refractivity (Wildman–Crippen MR) is 115 cm³/mol. The highest BCUT2D eigenvalue weighted by molar-refractivity contribution is 7.16. The minimum Gasteiger partial charge on any atom is -0.352 e. The molecule has 0 N–H and O–H groups in total. The van der Waals surface area contributed by atoms with Gasteiger partial charge in [0.25, 0.3) is 5.56 Å². The van der Waals surface area contributed by atoms with Crippen molar-refractivity contribution in [2.75, 3.05) is 31.1 Å². The lowest BCUT2D eigenvalue weighted by Gasteiger charge is -2.35. The first-order chi connectivity index (χ1) is 14.7. The summed E-state index contributed by atoms with van der Waals surface area (Å²) in [6.07, 6.45) is 1.81. The Bertz CT molecular complexity index is 1280. The third kappa shape index (κ3) is 3.39. The van der Waals surface area contributed by atoms with Crippen LogP contribution in [0.1, 0.15) is 6.42 Å². The monoisotopic (exact) mass is 421 g/mol. The van der Waals surface area contributed by atoms with Gasteiger partial charge in [0.05, 0.1) is 17.3 Å². The molecule has 5 rings (SSSR count). The molecule has 1 aliphatic rings. The van der Waals surface area contributed by atoms with Gasteiger partial charge in [0.15, 0.2) is 0 Å². The lowest BCUT2D eigenvalue weighted by Crippen LogP contribution is -2.49. The van der Waals surface area contributed by atoms with E-state index in [9.17, 15) is 9.59 Å². The molecule has 10 heteroatoms. The molecule has 1 aromatic carbocycles. The summed E-state index contributed by atoms with van der Waals surface area (Å²) in [6.45, 7) is 2.88. The summed E-state index contributed by atoms with van der Waals surface area (Å²) in [6, 6.07) is 9.12. The quantitative estimate of drug-likeness (QED) is 0.493. The molecule has 0 radical (unpaired) electrons. The molecule has 4 heterocycles. The second-order valence-corrected chi connectivity index (χ2v) is 7.98. The predicted octanol–water partition coefficient (Wildman–Crippen LogP) is 1.54. The van der Waals surface area contributed by atoms with Gasteiger partial charge >= 0.3 is 0 Å². The highest BCUT2D eigenvalue weighted by atomic mass is 32.1. The van der Waals surface area contributed by atoms with E-state index in [1.807, 2.05) is 22.4 Å². The molecule has 3 aromatic heterocycles. The van der Waals surface area contributed by atoms with E-state index in [2.05, 4.69) is 25.2 Å². The Kier molecular flexibility index (Phi) is 4.83. The van der Waals surface area contributed by atoms with Crippen molar-refractivity contribution >= 4 is 44.2 Å². The van der Waals surface area contributed by atoms with E-state index in [0.717, 1.165) is 16.0 Å². The van der Waals surface area contributed by atoms with Crippen LogP contribution in [0, 0.1) is 0 Å². The SMILES string of the molecule is O=C(CCn1nnc2ccccc2c1=O)N1CCN(c2ncnc3sccc23)CC1. The van der Waals surface area contributed by atoms with Gasteiger partial charge in [0.2, 0.25) is 5.91 Å². The Morgan fingerprint density at radius 1 is 1.03 bits per heavy atom. The topological polar surface area (TPSA) is 97.1 Å². The first kappa shape index (κ1) is 18.6. The van der Waals surface area contributed by atoms with E-state index in [0.29, 0.717) is 37.1 Å². The maximum atomic E-state index is 12.7. The van der Waals surface area contributed by atoms with Gasteiger partial charge in [0, 0.05) is 32.6 Å². The molecule has 0 aliphatic carbocycles. The fourth-order valence-corrected chi connectivity index (χ4v) is 4.45. The Balaban J connectivity index is 1.22. The van der Waals surface area contributed by atoms with Gasteiger partial charge in [-0.3, -0.25) is 9.59 Å². The van der Waals surface area contributed by atoms with Gasteiger partial charge in [0.1, 0.15) is 22.5 Å². The van der Waals surface area contributed by atoms with E-state index >= 15 is 0 Å². The van der Waals surface area contributed by atoms with Gasteiger partial charge in [-0.05, 0) is 23.6 Å². The van der Waals surface area contributed by atoms with Crippen LogP contribution in [0.25, 0.3) is 21.1 Å². The molecule has 0 unspecified atom stereocenters. The largest absolute Gasteiger partial charge is 0.352 e. The Hall–Kier alpha value is -3.40. The summed E-state index contributed by atoms with van der Waals surface area (Å²) >= 11 is 1.60. The summed E-state index contributed by atoms with van der Waals surface area (Å²) in [5.41, 5.74) is 0.340. The van der Waals surface area contributed by atoms with E-state index in [4.69, 9.17) is 0 Å². The molecule has 4 aromatic rings. The van der Waals surface area contributed by atoms with Crippen LogP contribution in [0.5, 0.6) is 0 Å². The highest BCUT2D eigenvalue weighted by Gasteiger charge is 2.23. The first-order valence-corrected chi connectivity index (χ1v) is 10.6. The van der Waals surface area contributed by atoms with Gasteiger partial charge in [-0.1, -0.05) is 17.3 Å². The standard InChI is InChI=1S/C20H19N7O2S/c28-17(5-7-27-20(29)14-3-1-2-4-16(14)23-24-27)25-8-10-26(11-9-25)18-15-6-12-30-19(15)22-13-21-18/h1-4,6,12-13H,5,7-11H2. The molecule has 1 amide bonds. The van der Waals surface area contributed by atoms with Crippen LogP contribution in [0.2, 0.25) is 0 Å². The van der Waals surface area contributed by atoms with Crippen LogP contribution in [0.15, 0.2) is 46.8 Å². The zero-order chi connectivity index (χ0) is 20.5. The van der Waals surface area contributed by atoms with E-state index in [1.54, 1.807) is 35.9 Å². The minimum atomic E-state index is -0.221. The molecule has 0 bridgehead atoms. The van der Waals surface area contributed by atoms with Crippen molar-refractivity contribution in [3.8, 4) is 0 Å². The molecule has 152 valence electrons. The number of thiophene rings is 1. The number of rotatable bonds is 4. The number of hydrogen-bond acceptors (Lipinski definition) is 8. The summed E-state index contributed by atoms with van der Waals surface area (Å²) in [5, 5.41) is 11.6. The molecular formula is C20H19N7O2S. The normalized spacial score (nSPS) is 14.5. The van der Waals surface area contributed by atoms with Crippen LogP contribution in [-0.4, -0.2) is 61.9 Å². The lowest BCUT2D eigenvalue weighted by atomic mass is 10.2. The summed E-state index contributed by atoms with van der Waals surface area (Å²) in [4.78, 5) is 38.9. The number of fused-ring (bicyclic) bond motifs is 2. The molecule has 0 atom stereocenters. The number of carbonyl (C=O) groups excluding carboxylic acids is 1. The molecule has 0 saturated carbocycles. The highest BCUT2D eigenvalue weighted by Crippen LogP contribution is 2.27. The average molecular weight is 421 g/mol. The second-order valence-electron chi connectivity index (χ2n) is 7.09. The Morgan fingerprint density at radius 3 is 2.73 bits per heavy atom. The fourth-order valence-electron chi connectivity index (χ4n) is 3.73. The van der Waals surface area contributed by atoms with Crippen LogP contribution in [-0.2, 0) is 11.3 Å². The Labute approximate surface area is 175 Å². The lowest BCUT2D eigenvalue weighted by molar-refractivity contribution is -0.131. The molecule has 1 fully saturated rings. The van der Waals surface area contributed by atoms with Gasteiger partial charge in [-0.15, -0.1) is 16.4 Å². The molecule has 1 saturated heterocycles. The van der Waals surface area contributed by atoms with E-state index in [1.165, 1.54) is 4.68 Å². The number of aromatic nitrogens is 5. The molecular weight excluding hydrogens is 402 g/mol. The smallest absolute Gasteiger partial charge is 0.277 e. The third-order valence-electron chi connectivity index (χ3n) is 5.34. The second kappa shape index (κ2) is 7.79. The van der Waals surface area contributed by atoms with Crippen molar-refractivity contribution in [3.05, 3.63) is 52.4 Å². The molecule has 0 spiro atoms. The number of hydrogen-bond donors (Lipinski definition) is 0. The number of benzene rings is 1. The zero-order valence-electron chi connectivity index (χ0n) is 16.1. The molecule has 9 nitrogen and oxygen atoms in total. The van der Waals surface area contributed by atoms with Crippen molar-refractivity contribution in [3.63, 3.8) is 0 Å². The van der Waals surface area contributed by atoms with E-state index < -0.39 is 0 Å². The van der Waals surface area contributed by atoms with Gasteiger partial charge in [-0.25, -0.2) is 14.6 Å². The number of nitrogens with zero attached hydrogens (tertiary/aromatic N) is 7. The summed E-state index contributed by atoms with van der Waals surface area (Å²) in [5.74, 6) is 0.936. The van der Waals surface area contributed by atoms with E-state index in [-0.39, 0.29) is 24.4 Å². The van der Waals surface area contributed by atoms with Crippen molar-refractivity contribution in [1.29, 1.82) is 0 Å². The summed E-state index contributed by atoms with van der Waals surface area (Å²) < 4.78 is 1.27. The molecule has 30 heavy (non-hydrogen) atoms. The van der Waals surface area contributed by atoms with Crippen LogP contribution < -0.4 is 10.5 Å².